The van der Waals surface area contributed by atoms with Gasteiger partial charge in [-0.15, -0.1) is 0 Å². The van der Waals surface area contributed by atoms with Crippen molar-refractivity contribution in [1.82, 2.24) is 20.0 Å². The topological polar surface area (TPSA) is 33.1 Å². The Morgan fingerprint density at radius 2 is 2.10 bits per heavy atom. The van der Waals surface area contributed by atoms with Gasteiger partial charge in [0.25, 0.3) is 0 Å². The SMILES string of the molecule is CCCNC(CC(C)C)c1c(Br)cnn1CCN(C)C. The molecule has 1 aromatic heterocycles. The molecule has 5 heteroatoms. The summed E-state index contributed by atoms with van der Waals surface area (Å²) in [6.07, 6.45) is 4.20. The van der Waals surface area contributed by atoms with E-state index in [0.29, 0.717) is 12.0 Å². The van der Waals surface area contributed by atoms with Crippen LogP contribution in [0.2, 0.25) is 0 Å². The van der Waals surface area contributed by atoms with Gasteiger partial charge in [-0.25, -0.2) is 0 Å². The molecular formula is C15H29BrN4. The molecule has 0 aliphatic heterocycles. The highest BCUT2D eigenvalue weighted by Gasteiger charge is 2.20. The Morgan fingerprint density at radius 3 is 2.65 bits per heavy atom. The van der Waals surface area contributed by atoms with E-state index in [1.165, 1.54) is 5.69 Å². The highest BCUT2D eigenvalue weighted by atomic mass is 79.9. The molecule has 1 N–H and O–H groups in total. The van der Waals surface area contributed by atoms with Crippen LogP contribution in [0.5, 0.6) is 0 Å². The molecule has 1 unspecified atom stereocenters. The summed E-state index contributed by atoms with van der Waals surface area (Å²) in [6.45, 7) is 9.73. The van der Waals surface area contributed by atoms with E-state index in [1.807, 2.05) is 6.20 Å². The molecular weight excluding hydrogens is 316 g/mol. The molecule has 1 rings (SSSR count). The van der Waals surface area contributed by atoms with Gasteiger partial charge in [0.15, 0.2) is 0 Å². The van der Waals surface area contributed by atoms with Crippen molar-refractivity contribution in [2.75, 3.05) is 27.2 Å². The van der Waals surface area contributed by atoms with Crippen LogP contribution in [-0.2, 0) is 6.54 Å². The minimum atomic E-state index is 0.369. The molecule has 0 spiro atoms. The second kappa shape index (κ2) is 8.80. The van der Waals surface area contributed by atoms with Crippen LogP contribution < -0.4 is 5.32 Å². The maximum atomic E-state index is 4.53. The van der Waals surface area contributed by atoms with Crippen LogP contribution in [0.3, 0.4) is 0 Å². The van der Waals surface area contributed by atoms with Crippen molar-refractivity contribution in [1.29, 1.82) is 0 Å². The van der Waals surface area contributed by atoms with Crippen molar-refractivity contribution in [3.05, 3.63) is 16.4 Å². The van der Waals surface area contributed by atoms with Crippen LogP contribution in [0, 0.1) is 5.92 Å². The summed E-state index contributed by atoms with van der Waals surface area (Å²) in [5, 5.41) is 8.19. The van der Waals surface area contributed by atoms with Crippen LogP contribution >= 0.6 is 15.9 Å². The molecule has 1 aromatic rings. The number of nitrogens with zero attached hydrogens (tertiary/aromatic N) is 3. The van der Waals surface area contributed by atoms with E-state index < -0.39 is 0 Å². The molecule has 0 aliphatic carbocycles. The molecule has 20 heavy (non-hydrogen) atoms. The number of nitrogens with one attached hydrogen (secondary N) is 1. The molecule has 0 aliphatic rings. The van der Waals surface area contributed by atoms with Crippen molar-refractivity contribution in [3.63, 3.8) is 0 Å². The summed E-state index contributed by atoms with van der Waals surface area (Å²) in [7, 11) is 4.19. The minimum Gasteiger partial charge on any atom is -0.309 e. The van der Waals surface area contributed by atoms with E-state index in [2.05, 4.69) is 70.8 Å². The van der Waals surface area contributed by atoms with Crippen LogP contribution in [0.25, 0.3) is 0 Å². The number of hydrogen-bond donors (Lipinski definition) is 1. The fourth-order valence-corrected chi connectivity index (χ4v) is 2.85. The largest absolute Gasteiger partial charge is 0.309 e. The molecule has 0 bridgehead atoms. The lowest BCUT2D eigenvalue weighted by atomic mass is 10.0. The van der Waals surface area contributed by atoms with Crippen molar-refractivity contribution in [2.24, 2.45) is 5.92 Å². The van der Waals surface area contributed by atoms with Crippen LogP contribution in [0.15, 0.2) is 10.7 Å². The Hall–Kier alpha value is -0.390. The van der Waals surface area contributed by atoms with E-state index in [9.17, 15) is 0 Å². The number of likely N-dealkylation sites (N-methyl/N-ethyl adjacent to an activating group) is 1. The van der Waals surface area contributed by atoms with Gasteiger partial charge in [-0.1, -0.05) is 20.8 Å². The van der Waals surface area contributed by atoms with Crippen LogP contribution in [0.1, 0.15) is 45.3 Å². The van der Waals surface area contributed by atoms with Gasteiger partial charge < -0.3 is 10.2 Å². The smallest absolute Gasteiger partial charge is 0.0696 e. The van der Waals surface area contributed by atoms with Crippen molar-refractivity contribution < 1.29 is 0 Å². The third-order valence-electron chi connectivity index (χ3n) is 3.27. The van der Waals surface area contributed by atoms with E-state index in [0.717, 1.165) is 36.9 Å². The lowest BCUT2D eigenvalue weighted by Gasteiger charge is -2.23. The second-order valence-electron chi connectivity index (χ2n) is 6.04. The van der Waals surface area contributed by atoms with Gasteiger partial charge in [0.2, 0.25) is 0 Å². The normalized spacial score (nSPS) is 13.4. The van der Waals surface area contributed by atoms with Crippen molar-refractivity contribution >= 4 is 15.9 Å². The minimum absolute atomic E-state index is 0.369. The fourth-order valence-electron chi connectivity index (χ4n) is 2.27. The monoisotopic (exact) mass is 344 g/mol. The summed E-state index contributed by atoms with van der Waals surface area (Å²) in [5.41, 5.74) is 1.29. The zero-order chi connectivity index (χ0) is 15.1. The van der Waals surface area contributed by atoms with Crippen LogP contribution in [-0.4, -0.2) is 41.9 Å². The quantitative estimate of drug-likeness (QED) is 0.746. The molecule has 0 aromatic carbocycles. The number of rotatable bonds is 9. The molecule has 0 radical (unpaired) electrons. The number of aromatic nitrogens is 2. The molecule has 4 nitrogen and oxygen atoms in total. The van der Waals surface area contributed by atoms with Crippen LogP contribution in [0.4, 0.5) is 0 Å². The predicted molar refractivity (Wildman–Crippen MR) is 89.0 cm³/mol. The fraction of sp³-hybridized carbons (Fsp3) is 0.800. The van der Waals surface area contributed by atoms with Gasteiger partial charge in [-0.3, -0.25) is 4.68 Å². The Bertz CT molecular complexity index is 387. The molecule has 116 valence electrons. The lowest BCUT2D eigenvalue weighted by molar-refractivity contribution is 0.351. The van der Waals surface area contributed by atoms with Crippen molar-refractivity contribution in [2.45, 2.75) is 46.2 Å². The Balaban J connectivity index is 2.89. The van der Waals surface area contributed by atoms with E-state index >= 15 is 0 Å². The molecule has 1 atom stereocenters. The standard InChI is InChI=1S/C15H29BrN4/c1-6-7-17-14(10-12(2)3)15-13(16)11-18-20(15)9-8-19(4)5/h11-12,14,17H,6-10H2,1-5H3. The summed E-state index contributed by atoms with van der Waals surface area (Å²) < 4.78 is 3.25. The Labute approximate surface area is 132 Å². The molecule has 0 amide bonds. The highest BCUT2D eigenvalue weighted by molar-refractivity contribution is 9.10. The highest BCUT2D eigenvalue weighted by Crippen LogP contribution is 2.28. The van der Waals surface area contributed by atoms with E-state index in [1.54, 1.807) is 0 Å². The van der Waals surface area contributed by atoms with Gasteiger partial charge in [0.1, 0.15) is 0 Å². The first-order valence-electron chi connectivity index (χ1n) is 7.55. The van der Waals surface area contributed by atoms with E-state index in [4.69, 9.17) is 0 Å². The van der Waals surface area contributed by atoms with Gasteiger partial charge in [-0.2, -0.15) is 5.10 Å². The van der Waals surface area contributed by atoms with Gasteiger partial charge in [0, 0.05) is 6.54 Å². The van der Waals surface area contributed by atoms with E-state index in [-0.39, 0.29) is 0 Å². The zero-order valence-corrected chi connectivity index (χ0v) is 15.1. The second-order valence-corrected chi connectivity index (χ2v) is 6.89. The van der Waals surface area contributed by atoms with Gasteiger partial charge >= 0.3 is 0 Å². The number of hydrogen-bond acceptors (Lipinski definition) is 3. The van der Waals surface area contributed by atoms with Gasteiger partial charge in [-0.05, 0) is 55.3 Å². The first-order chi connectivity index (χ1) is 9.45. The molecule has 1 heterocycles. The average molecular weight is 345 g/mol. The van der Waals surface area contributed by atoms with Gasteiger partial charge in [0.05, 0.1) is 29.0 Å². The summed E-state index contributed by atoms with van der Waals surface area (Å²) in [4.78, 5) is 2.19. The maximum Gasteiger partial charge on any atom is 0.0696 e. The molecule has 0 fully saturated rings. The van der Waals surface area contributed by atoms with Crippen molar-refractivity contribution in [3.8, 4) is 0 Å². The predicted octanol–water partition coefficient (Wildman–Crippen LogP) is 3.29. The Kier molecular flexibility index (Phi) is 7.77. The summed E-state index contributed by atoms with van der Waals surface area (Å²) in [6, 6.07) is 0.369. The summed E-state index contributed by atoms with van der Waals surface area (Å²) >= 11 is 3.67. The average Bonchev–Trinajstić information content (AvgIpc) is 2.73. The first kappa shape index (κ1) is 17.7. The summed E-state index contributed by atoms with van der Waals surface area (Å²) in [5.74, 6) is 0.661. The number of halogens is 1. The molecule has 0 saturated heterocycles. The molecule has 0 saturated carbocycles. The third kappa shape index (κ3) is 5.54. The lowest BCUT2D eigenvalue weighted by Crippen LogP contribution is -2.28. The Morgan fingerprint density at radius 1 is 1.40 bits per heavy atom. The maximum absolute atomic E-state index is 4.53. The third-order valence-corrected chi connectivity index (χ3v) is 3.88. The zero-order valence-electron chi connectivity index (χ0n) is 13.5. The first-order valence-corrected chi connectivity index (χ1v) is 8.34.